The lowest BCUT2D eigenvalue weighted by molar-refractivity contribution is 0.0610. The molecule has 0 spiro atoms. The Labute approximate surface area is 173 Å². The number of aromatic nitrogens is 4. The second-order valence-electron chi connectivity index (χ2n) is 8.10. The molecule has 5 heterocycles. The van der Waals surface area contributed by atoms with Crippen molar-refractivity contribution in [2.24, 2.45) is 0 Å². The maximum absolute atomic E-state index is 13.6. The number of piperidine rings is 1. The molecular weight excluding hydrogens is 376 g/mol. The van der Waals surface area contributed by atoms with Gasteiger partial charge in [-0.25, -0.2) is 9.97 Å². The number of H-pyrrole nitrogens is 1. The fourth-order valence-corrected chi connectivity index (χ4v) is 5.24. The number of likely N-dealkylation sites (tertiary alicyclic amines) is 1. The average Bonchev–Trinajstić information content (AvgIpc) is 3.45. The predicted molar refractivity (Wildman–Crippen MR) is 115 cm³/mol. The van der Waals surface area contributed by atoms with Crippen LogP contribution in [0.4, 0.5) is 5.82 Å². The number of nitrogens with zero attached hydrogens (tertiary/aromatic N) is 5. The Morgan fingerprint density at radius 1 is 1.03 bits per heavy atom. The second-order valence-corrected chi connectivity index (χ2v) is 8.10. The quantitative estimate of drug-likeness (QED) is 0.560. The molecule has 1 amide bonds. The molecule has 2 fully saturated rings. The molecule has 1 aromatic carbocycles. The van der Waals surface area contributed by atoms with Crippen LogP contribution in [-0.4, -0.2) is 55.9 Å². The molecule has 0 aliphatic carbocycles. The van der Waals surface area contributed by atoms with Crippen LogP contribution in [0.15, 0.2) is 55.2 Å². The summed E-state index contributed by atoms with van der Waals surface area (Å²) in [5.74, 6) is 1.08. The van der Waals surface area contributed by atoms with Gasteiger partial charge in [-0.1, -0.05) is 12.1 Å². The van der Waals surface area contributed by atoms with Crippen molar-refractivity contribution in [3.63, 3.8) is 0 Å². The summed E-state index contributed by atoms with van der Waals surface area (Å²) in [5.41, 5.74) is 1.60. The zero-order valence-electron chi connectivity index (χ0n) is 16.5. The second kappa shape index (κ2) is 6.79. The lowest BCUT2D eigenvalue weighted by Crippen LogP contribution is -2.52. The van der Waals surface area contributed by atoms with E-state index in [4.69, 9.17) is 0 Å². The zero-order valence-corrected chi connectivity index (χ0v) is 16.5. The highest BCUT2D eigenvalue weighted by molar-refractivity contribution is 6.07. The molecule has 2 atom stereocenters. The van der Waals surface area contributed by atoms with Gasteiger partial charge < -0.3 is 14.8 Å². The molecule has 3 aromatic heterocycles. The van der Waals surface area contributed by atoms with E-state index in [9.17, 15) is 4.79 Å². The highest BCUT2D eigenvalue weighted by atomic mass is 16.2. The van der Waals surface area contributed by atoms with Crippen LogP contribution in [0, 0.1) is 0 Å². The van der Waals surface area contributed by atoms with Gasteiger partial charge in [-0.2, -0.15) is 0 Å². The molecule has 30 heavy (non-hydrogen) atoms. The first kappa shape index (κ1) is 17.4. The van der Waals surface area contributed by atoms with Gasteiger partial charge in [0.2, 0.25) is 0 Å². The molecular formula is C23H22N6O. The maximum atomic E-state index is 13.6. The van der Waals surface area contributed by atoms with Crippen LogP contribution in [0.5, 0.6) is 0 Å². The Morgan fingerprint density at radius 2 is 2.00 bits per heavy atom. The third-order valence-electron chi connectivity index (χ3n) is 6.59. The standard InChI is InChI=1S/C23H22N6O/c30-23(16-4-1-3-15-6-9-24-13-18(15)16)29-11-2-5-19-20(29)8-12-28(19)22-17-7-10-25-21(17)26-14-27-22/h1,3-4,6-7,9-10,13-14,19-20H,2,5,8,11-12H2,(H,25,26,27)/t19-,20-/m1/s1. The molecule has 4 aromatic rings. The molecule has 7 nitrogen and oxygen atoms in total. The molecule has 7 heteroatoms. The average molecular weight is 398 g/mol. The van der Waals surface area contributed by atoms with Gasteiger partial charge in [0, 0.05) is 42.6 Å². The third-order valence-corrected chi connectivity index (χ3v) is 6.59. The first-order valence-electron chi connectivity index (χ1n) is 10.5. The number of amides is 1. The minimum absolute atomic E-state index is 0.111. The maximum Gasteiger partial charge on any atom is 0.254 e. The molecule has 2 saturated heterocycles. The Bertz CT molecular complexity index is 1250. The van der Waals surface area contributed by atoms with Crippen molar-refractivity contribution in [3.05, 3.63) is 60.8 Å². The van der Waals surface area contributed by atoms with Crippen molar-refractivity contribution in [2.45, 2.75) is 31.3 Å². The van der Waals surface area contributed by atoms with E-state index >= 15 is 0 Å². The number of hydrogen-bond acceptors (Lipinski definition) is 5. The lowest BCUT2D eigenvalue weighted by Gasteiger charge is -2.40. The number of hydrogen-bond donors (Lipinski definition) is 1. The van der Waals surface area contributed by atoms with Crippen LogP contribution in [-0.2, 0) is 0 Å². The third kappa shape index (κ3) is 2.58. The zero-order chi connectivity index (χ0) is 20.1. The summed E-state index contributed by atoms with van der Waals surface area (Å²) >= 11 is 0. The molecule has 0 saturated carbocycles. The van der Waals surface area contributed by atoms with E-state index in [1.54, 1.807) is 18.7 Å². The van der Waals surface area contributed by atoms with Crippen molar-refractivity contribution in [1.29, 1.82) is 0 Å². The fraction of sp³-hybridized carbons (Fsp3) is 0.304. The van der Waals surface area contributed by atoms with Gasteiger partial charge in [-0.15, -0.1) is 0 Å². The van der Waals surface area contributed by atoms with E-state index < -0.39 is 0 Å². The van der Waals surface area contributed by atoms with Gasteiger partial charge in [0.25, 0.3) is 5.91 Å². The van der Waals surface area contributed by atoms with Crippen molar-refractivity contribution in [3.8, 4) is 0 Å². The number of rotatable bonds is 2. The number of aromatic amines is 1. The van der Waals surface area contributed by atoms with Crippen molar-refractivity contribution >= 4 is 33.5 Å². The minimum atomic E-state index is 0.111. The highest BCUT2D eigenvalue weighted by Gasteiger charge is 2.43. The summed E-state index contributed by atoms with van der Waals surface area (Å²) < 4.78 is 0. The van der Waals surface area contributed by atoms with Crippen molar-refractivity contribution in [2.75, 3.05) is 18.0 Å². The van der Waals surface area contributed by atoms with Gasteiger partial charge in [0.05, 0.1) is 17.5 Å². The largest absolute Gasteiger partial charge is 0.351 e. The molecule has 6 rings (SSSR count). The summed E-state index contributed by atoms with van der Waals surface area (Å²) in [6, 6.07) is 10.4. The smallest absolute Gasteiger partial charge is 0.254 e. The Hall–Kier alpha value is -3.48. The summed E-state index contributed by atoms with van der Waals surface area (Å²) in [4.78, 5) is 34.4. The Kier molecular flexibility index (Phi) is 3.94. The van der Waals surface area contributed by atoms with Crippen LogP contribution in [0.1, 0.15) is 29.6 Å². The summed E-state index contributed by atoms with van der Waals surface area (Å²) in [6.45, 7) is 1.70. The van der Waals surface area contributed by atoms with Crippen LogP contribution in [0.2, 0.25) is 0 Å². The summed E-state index contributed by atoms with van der Waals surface area (Å²) in [6.07, 6.45) is 10.1. The van der Waals surface area contributed by atoms with Gasteiger partial charge in [-0.3, -0.25) is 9.78 Å². The molecule has 2 aliphatic rings. The molecule has 1 N–H and O–H groups in total. The van der Waals surface area contributed by atoms with Crippen molar-refractivity contribution in [1.82, 2.24) is 24.8 Å². The normalized spacial score (nSPS) is 21.3. The topological polar surface area (TPSA) is 78.0 Å². The van der Waals surface area contributed by atoms with Crippen LogP contribution in [0.25, 0.3) is 21.8 Å². The Morgan fingerprint density at radius 3 is 2.97 bits per heavy atom. The van der Waals surface area contributed by atoms with E-state index in [1.807, 2.05) is 36.5 Å². The number of carbonyl (C=O) groups is 1. The first-order chi connectivity index (χ1) is 14.8. The van der Waals surface area contributed by atoms with Crippen molar-refractivity contribution < 1.29 is 4.79 Å². The summed E-state index contributed by atoms with van der Waals surface area (Å²) in [7, 11) is 0. The lowest BCUT2D eigenvalue weighted by atomic mass is 9.95. The number of benzene rings is 1. The number of fused-ring (bicyclic) bond motifs is 3. The number of carbonyl (C=O) groups excluding carboxylic acids is 1. The number of nitrogens with one attached hydrogen (secondary N) is 1. The SMILES string of the molecule is O=C(c1cccc2ccncc12)N1CCC[C@@H]2[C@H]1CCN2c1ncnc2[nH]ccc12. The van der Waals surface area contributed by atoms with Gasteiger partial charge in [0.1, 0.15) is 17.8 Å². The molecule has 0 bridgehead atoms. The van der Waals surface area contributed by atoms with Gasteiger partial charge >= 0.3 is 0 Å². The monoisotopic (exact) mass is 398 g/mol. The molecule has 150 valence electrons. The first-order valence-corrected chi connectivity index (χ1v) is 10.5. The summed E-state index contributed by atoms with van der Waals surface area (Å²) in [5, 5.41) is 3.02. The molecule has 0 radical (unpaired) electrons. The fourth-order valence-electron chi connectivity index (χ4n) is 5.24. The number of anilines is 1. The molecule has 2 aliphatic heterocycles. The van der Waals surface area contributed by atoms with E-state index in [0.29, 0.717) is 0 Å². The van der Waals surface area contributed by atoms with Gasteiger partial charge in [-0.05, 0) is 42.8 Å². The van der Waals surface area contributed by atoms with E-state index in [2.05, 4.69) is 29.7 Å². The molecule has 0 unspecified atom stereocenters. The van der Waals surface area contributed by atoms with Crippen LogP contribution >= 0.6 is 0 Å². The van der Waals surface area contributed by atoms with E-state index in [1.165, 1.54) is 0 Å². The van der Waals surface area contributed by atoms with E-state index in [0.717, 1.165) is 65.5 Å². The van der Waals surface area contributed by atoms with E-state index in [-0.39, 0.29) is 18.0 Å². The predicted octanol–water partition coefficient (Wildman–Crippen LogP) is 3.39. The van der Waals surface area contributed by atoms with Crippen LogP contribution < -0.4 is 4.90 Å². The van der Waals surface area contributed by atoms with Gasteiger partial charge in [0.15, 0.2) is 0 Å². The highest BCUT2D eigenvalue weighted by Crippen LogP contribution is 2.37. The minimum Gasteiger partial charge on any atom is -0.351 e. The Balaban J connectivity index is 1.35. The number of pyridine rings is 1. The van der Waals surface area contributed by atoms with Crippen LogP contribution in [0.3, 0.4) is 0 Å².